The lowest BCUT2D eigenvalue weighted by Crippen LogP contribution is -2.40. The van der Waals surface area contributed by atoms with Crippen LogP contribution < -0.4 is 5.32 Å². The van der Waals surface area contributed by atoms with Gasteiger partial charge in [0, 0.05) is 75.8 Å². The molecule has 2 aliphatic heterocycles. The average molecular weight is 807 g/mol. The molecule has 59 heavy (non-hydrogen) atoms. The van der Waals surface area contributed by atoms with Crippen LogP contribution in [0.3, 0.4) is 0 Å². The Labute approximate surface area is 353 Å². The molecule has 4 aliphatic rings. The number of Topliss-reactive ketones (excluding diaryl/α,β-unsaturated/α-hetero) is 1. The number of ether oxygens (including phenoxy) is 2. The molecule has 2 aliphatic carbocycles. The number of imidazole rings is 2. The summed E-state index contributed by atoms with van der Waals surface area (Å²) in [7, 11) is 3.57. The van der Waals surface area contributed by atoms with Gasteiger partial charge in [-0.25, -0.2) is 9.97 Å². The number of likely N-dealkylation sites (tertiary alicyclic amines) is 1. The number of carbonyl (C=O) groups excluding carboxylic acids is 2. The van der Waals surface area contributed by atoms with Crippen LogP contribution in [0.5, 0.6) is 0 Å². The smallest absolute Gasteiger partial charge is 0.222 e. The lowest BCUT2D eigenvalue weighted by molar-refractivity contribution is -0.134. The summed E-state index contributed by atoms with van der Waals surface area (Å²) < 4.78 is 15.2. The van der Waals surface area contributed by atoms with Gasteiger partial charge in [-0.2, -0.15) is 0 Å². The number of hydrogen-bond acceptors (Lipinski definition) is 7. The Hall–Kier alpha value is -4.12. The van der Waals surface area contributed by atoms with Crippen LogP contribution in [0.1, 0.15) is 120 Å². The van der Waals surface area contributed by atoms with E-state index in [9.17, 15) is 9.59 Å². The molecule has 4 heterocycles. The Balaban J connectivity index is 0.000000165. The van der Waals surface area contributed by atoms with Gasteiger partial charge >= 0.3 is 0 Å². The first-order chi connectivity index (χ1) is 28.7. The van der Waals surface area contributed by atoms with E-state index in [1.54, 1.807) is 21.1 Å². The highest BCUT2D eigenvalue weighted by Crippen LogP contribution is 2.31. The van der Waals surface area contributed by atoms with Crippen molar-refractivity contribution >= 4 is 11.7 Å². The van der Waals surface area contributed by atoms with Gasteiger partial charge < -0.3 is 33.6 Å². The molecule has 2 aromatic heterocycles. The molecule has 4 aromatic rings. The number of rotatable bonds is 10. The van der Waals surface area contributed by atoms with E-state index in [0.29, 0.717) is 54.2 Å². The van der Waals surface area contributed by atoms with Crippen LogP contribution in [0.15, 0.2) is 73.6 Å². The van der Waals surface area contributed by atoms with E-state index in [0.717, 1.165) is 114 Å². The van der Waals surface area contributed by atoms with Gasteiger partial charge in [-0.05, 0) is 123 Å². The molecule has 0 unspecified atom stereocenters. The van der Waals surface area contributed by atoms with Gasteiger partial charge in [0.25, 0.3) is 0 Å². The predicted molar refractivity (Wildman–Crippen MR) is 236 cm³/mol. The molecule has 0 bridgehead atoms. The molecule has 0 radical (unpaired) electrons. The minimum atomic E-state index is 0.330. The molecule has 1 amide bonds. The van der Waals surface area contributed by atoms with Crippen molar-refractivity contribution in [3.63, 3.8) is 0 Å². The summed E-state index contributed by atoms with van der Waals surface area (Å²) in [6.45, 7) is 9.83. The monoisotopic (exact) mass is 807 g/mol. The first-order valence-corrected chi connectivity index (χ1v) is 22.4. The second-order valence-electron chi connectivity index (χ2n) is 17.6. The molecule has 10 nitrogen and oxygen atoms in total. The number of carbonyl (C=O) groups is 2. The SMILES string of the molecule is COC1CCC(CC(=O)N2CCC(n3cnc(-c4ccc(C)cc4)c3)CC2)CC1.COC1CCC(CC(C)=O)CC1.Cc1ccc(-c2cn(C3CCNCC3)cn2)cc1. The average Bonchev–Trinajstić information content (AvgIpc) is 3.97. The minimum absolute atomic E-state index is 0.330. The van der Waals surface area contributed by atoms with Crippen molar-refractivity contribution in [1.29, 1.82) is 0 Å². The summed E-state index contributed by atoms with van der Waals surface area (Å²) in [5.74, 6) is 1.84. The summed E-state index contributed by atoms with van der Waals surface area (Å²) in [5.41, 5.74) is 7.01. The van der Waals surface area contributed by atoms with E-state index in [1.165, 1.54) is 29.5 Å². The van der Waals surface area contributed by atoms with Crippen molar-refractivity contribution in [2.24, 2.45) is 11.8 Å². The summed E-state index contributed by atoms with van der Waals surface area (Å²) in [6.07, 6.45) is 24.0. The fourth-order valence-electron chi connectivity index (χ4n) is 9.26. The number of nitrogens with zero attached hydrogens (tertiary/aromatic N) is 5. The van der Waals surface area contributed by atoms with Gasteiger partial charge in [0.2, 0.25) is 5.91 Å². The zero-order chi connectivity index (χ0) is 41.6. The maximum Gasteiger partial charge on any atom is 0.222 e. The first kappa shape index (κ1) is 44.4. The van der Waals surface area contributed by atoms with Crippen LogP contribution in [-0.2, 0) is 19.1 Å². The normalized spacial score (nSPS) is 22.8. The Bertz CT molecular complexity index is 1840. The molecule has 1 N–H and O–H groups in total. The van der Waals surface area contributed by atoms with Crippen molar-refractivity contribution in [3.05, 3.63) is 84.7 Å². The Morgan fingerprint density at radius 2 is 1.03 bits per heavy atom. The van der Waals surface area contributed by atoms with Gasteiger partial charge in [-0.3, -0.25) is 4.79 Å². The van der Waals surface area contributed by atoms with Crippen molar-refractivity contribution in [3.8, 4) is 22.5 Å². The summed E-state index contributed by atoms with van der Waals surface area (Å²) in [5, 5.41) is 3.40. The summed E-state index contributed by atoms with van der Waals surface area (Å²) in [6, 6.07) is 18.1. The molecule has 8 rings (SSSR count). The molecule has 320 valence electrons. The highest BCUT2D eigenvalue weighted by atomic mass is 16.5. The number of methoxy groups -OCH3 is 2. The third-order valence-electron chi connectivity index (χ3n) is 13.2. The molecule has 2 saturated heterocycles. The third kappa shape index (κ3) is 13.4. The number of nitrogens with one attached hydrogen (secondary N) is 1. The molecule has 0 spiro atoms. The number of aromatic nitrogens is 4. The second kappa shape index (κ2) is 22.5. The number of hydrogen-bond donors (Lipinski definition) is 1. The Morgan fingerprint density at radius 3 is 1.46 bits per heavy atom. The lowest BCUT2D eigenvalue weighted by Gasteiger charge is -2.34. The zero-order valence-corrected chi connectivity index (χ0v) is 36.5. The van der Waals surface area contributed by atoms with E-state index in [-0.39, 0.29) is 0 Å². The second-order valence-corrected chi connectivity index (χ2v) is 17.6. The molecular formula is C49H70N6O4. The molecule has 2 saturated carbocycles. The van der Waals surface area contributed by atoms with Crippen LogP contribution in [0, 0.1) is 25.7 Å². The van der Waals surface area contributed by atoms with Crippen molar-refractivity contribution in [2.45, 2.75) is 135 Å². The van der Waals surface area contributed by atoms with Gasteiger partial charge in [0.15, 0.2) is 0 Å². The van der Waals surface area contributed by atoms with Crippen LogP contribution in [0.4, 0.5) is 0 Å². The third-order valence-corrected chi connectivity index (χ3v) is 13.2. The zero-order valence-electron chi connectivity index (χ0n) is 36.5. The largest absolute Gasteiger partial charge is 0.381 e. The van der Waals surface area contributed by atoms with Crippen LogP contribution >= 0.6 is 0 Å². The van der Waals surface area contributed by atoms with Crippen molar-refractivity contribution in [2.75, 3.05) is 40.4 Å². The minimum Gasteiger partial charge on any atom is -0.381 e. The number of piperidine rings is 2. The van der Waals surface area contributed by atoms with Gasteiger partial charge in [-0.1, -0.05) is 59.7 Å². The number of aryl methyl sites for hydroxylation is 2. The highest BCUT2D eigenvalue weighted by Gasteiger charge is 2.28. The van der Waals surface area contributed by atoms with Crippen molar-refractivity contribution < 1.29 is 19.1 Å². The fraction of sp³-hybridized carbons (Fsp3) is 0.592. The van der Waals surface area contributed by atoms with Gasteiger partial charge in [0.1, 0.15) is 5.78 Å². The Morgan fingerprint density at radius 1 is 0.610 bits per heavy atom. The summed E-state index contributed by atoms with van der Waals surface area (Å²) in [4.78, 5) is 34.8. The quantitative estimate of drug-likeness (QED) is 0.170. The molecule has 0 atom stereocenters. The van der Waals surface area contributed by atoms with E-state index in [4.69, 9.17) is 9.47 Å². The highest BCUT2D eigenvalue weighted by molar-refractivity contribution is 5.76. The molecule has 10 heteroatoms. The van der Waals surface area contributed by atoms with Gasteiger partial charge in [0.05, 0.1) is 36.3 Å². The topological polar surface area (TPSA) is 104 Å². The maximum atomic E-state index is 12.8. The fourth-order valence-corrected chi connectivity index (χ4v) is 9.26. The first-order valence-electron chi connectivity index (χ1n) is 22.4. The van der Waals surface area contributed by atoms with Crippen LogP contribution in [-0.4, -0.2) is 88.3 Å². The molecule has 2 aromatic carbocycles. The lowest BCUT2D eigenvalue weighted by atomic mass is 9.84. The van der Waals surface area contributed by atoms with E-state index in [1.807, 2.05) is 12.7 Å². The van der Waals surface area contributed by atoms with E-state index >= 15 is 0 Å². The summed E-state index contributed by atoms with van der Waals surface area (Å²) >= 11 is 0. The molecule has 4 fully saturated rings. The standard InChI is InChI=1S/C24H33N3O2.C15H19N3.C10H18O2/c1-18-3-7-20(8-4-18)23-16-27(17-25-23)21-11-13-26(14-12-21)24(28)15-19-5-9-22(29-2)10-6-19;1-12-2-4-13(5-3-12)15-10-18(11-17-15)14-6-8-16-9-7-14;1-8(11)7-9-3-5-10(12-2)6-4-9/h3-4,7-8,16-17,19,21-22H,5-6,9-15H2,1-2H3;2-5,10-11,14,16H,6-9H2,1H3;9-10H,3-7H2,1-2H3. The van der Waals surface area contributed by atoms with Crippen molar-refractivity contribution in [1.82, 2.24) is 29.3 Å². The predicted octanol–water partition coefficient (Wildman–Crippen LogP) is 9.57. The maximum absolute atomic E-state index is 12.8. The number of amides is 1. The van der Waals surface area contributed by atoms with Crippen LogP contribution in [0.25, 0.3) is 22.5 Å². The molecular weight excluding hydrogens is 737 g/mol. The van der Waals surface area contributed by atoms with Gasteiger partial charge in [-0.15, -0.1) is 0 Å². The Kier molecular flexibility index (Phi) is 16.9. The van der Waals surface area contributed by atoms with Crippen LogP contribution in [0.2, 0.25) is 0 Å². The number of ketones is 1. The van der Waals surface area contributed by atoms with E-state index < -0.39 is 0 Å². The number of benzene rings is 2. The van der Waals surface area contributed by atoms with E-state index in [2.05, 4.69) is 104 Å².